The van der Waals surface area contributed by atoms with E-state index in [4.69, 9.17) is 5.39 Å². The lowest BCUT2D eigenvalue weighted by Crippen LogP contribution is -2.30. The van der Waals surface area contributed by atoms with E-state index in [-0.39, 0.29) is 5.91 Å². The number of carbonyl (C=O) groups is 1. The van der Waals surface area contributed by atoms with Crippen LogP contribution < -0.4 is 0 Å². The number of hydrogen-bond donors (Lipinski definition) is 0. The third-order valence-corrected chi connectivity index (χ3v) is 2.29. The summed E-state index contributed by atoms with van der Waals surface area (Å²) < 4.78 is 0. The Kier molecular flexibility index (Phi) is 3.81. The van der Waals surface area contributed by atoms with Gasteiger partial charge < -0.3 is 4.90 Å². The fourth-order valence-corrected chi connectivity index (χ4v) is 1.42. The maximum Gasteiger partial charge on any atom is 0.397 e. The van der Waals surface area contributed by atoms with Crippen molar-refractivity contribution in [1.82, 2.24) is 4.90 Å². The molecule has 0 radical (unpaired) electrons. The molecule has 0 aliphatic carbocycles. The third kappa shape index (κ3) is 2.32. The number of carbonyl (C=O) groups excluding carboxylic acids is 1. The van der Waals surface area contributed by atoms with Crippen LogP contribution in [0, 0.1) is 5.39 Å². The molecule has 0 aliphatic rings. The Labute approximate surface area is 89.1 Å². The summed E-state index contributed by atoms with van der Waals surface area (Å²) in [6.07, 6.45) is 0. The molecule has 0 saturated heterocycles. The van der Waals surface area contributed by atoms with Gasteiger partial charge in [-0.25, -0.2) is 0 Å². The summed E-state index contributed by atoms with van der Waals surface area (Å²) in [5.74, 6) is -0.103. The second kappa shape index (κ2) is 5.11. The van der Waals surface area contributed by atoms with Gasteiger partial charge >= 0.3 is 5.69 Å². The highest BCUT2D eigenvalue weighted by atomic mass is 16.2. The van der Waals surface area contributed by atoms with Crippen molar-refractivity contribution in [2.75, 3.05) is 13.1 Å². The molecule has 0 bridgehead atoms. The van der Waals surface area contributed by atoms with E-state index in [1.807, 2.05) is 13.8 Å². The highest BCUT2D eigenvalue weighted by Crippen LogP contribution is 2.19. The lowest BCUT2D eigenvalue weighted by molar-refractivity contribution is 0.0774. The average Bonchev–Trinajstić information content (AvgIpc) is 2.30. The van der Waals surface area contributed by atoms with Gasteiger partial charge in [-0.15, -0.1) is 0 Å². The highest BCUT2D eigenvalue weighted by Gasteiger charge is 2.22. The zero-order valence-corrected chi connectivity index (χ0v) is 8.97. The minimum absolute atomic E-state index is 0.103. The zero-order chi connectivity index (χ0) is 11.3. The Morgan fingerprint density at radius 3 is 2.47 bits per heavy atom. The summed E-state index contributed by atoms with van der Waals surface area (Å²) in [5.41, 5.74) is 0.748. The Morgan fingerprint density at radius 1 is 1.33 bits per heavy atom. The van der Waals surface area contributed by atoms with Gasteiger partial charge in [-0.2, -0.15) is 0 Å². The van der Waals surface area contributed by atoms with Gasteiger partial charge in [-0.3, -0.25) is 4.79 Å². The van der Waals surface area contributed by atoms with E-state index in [1.165, 1.54) is 0 Å². The maximum atomic E-state index is 11.9. The van der Waals surface area contributed by atoms with Crippen LogP contribution in [0.5, 0.6) is 0 Å². The molecule has 0 spiro atoms. The first-order valence-electron chi connectivity index (χ1n) is 4.98. The first-order chi connectivity index (χ1) is 7.24. The summed E-state index contributed by atoms with van der Waals surface area (Å²) in [6, 6.07) is 6.76. The summed E-state index contributed by atoms with van der Waals surface area (Å²) in [6.45, 7) is 5.13. The van der Waals surface area contributed by atoms with E-state index in [0.717, 1.165) is 0 Å². The first kappa shape index (κ1) is 11.2. The SMILES string of the molecule is CCN(CC)C(=O)c1ccccc1[N+]#N. The molecule has 1 rings (SSSR count). The van der Waals surface area contributed by atoms with Crippen molar-refractivity contribution < 1.29 is 4.79 Å². The van der Waals surface area contributed by atoms with Crippen LogP contribution in [0.1, 0.15) is 24.2 Å². The van der Waals surface area contributed by atoms with Crippen LogP contribution in [0.25, 0.3) is 4.98 Å². The molecular weight excluding hydrogens is 190 g/mol. The molecule has 78 valence electrons. The zero-order valence-electron chi connectivity index (χ0n) is 8.97. The number of rotatable bonds is 3. The van der Waals surface area contributed by atoms with Gasteiger partial charge in [0.15, 0.2) is 4.98 Å². The van der Waals surface area contributed by atoms with E-state index < -0.39 is 0 Å². The Balaban J connectivity index is 3.06. The van der Waals surface area contributed by atoms with Crippen molar-refractivity contribution >= 4 is 11.6 Å². The molecule has 0 saturated carbocycles. The molecule has 1 aromatic rings. The Hall–Kier alpha value is -1.89. The highest BCUT2D eigenvalue weighted by molar-refractivity contribution is 5.99. The van der Waals surface area contributed by atoms with Crippen LogP contribution in [-0.4, -0.2) is 23.9 Å². The predicted molar refractivity (Wildman–Crippen MR) is 58.4 cm³/mol. The van der Waals surface area contributed by atoms with Gasteiger partial charge in [0.2, 0.25) is 5.39 Å². The fraction of sp³-hybridized carbons (Fsp3) is 0.364. The molecule has 0 aliphatic heterocycles. The van der Waals surface area contributed by atoms with Gasteiger partial charge in [-0.1, -0.05) is 12.1 Å². The van der Waals surface area contributed by atoms with Gasteiger partial charge in [-0.05, 0) is 19.9 Å². The smallest absolute Gasteiger partial charge is 0.339 e. The number of benzene rings is 1. The van der Waals surface area contributed by atoms with Gasteiger partial charge in [0, 0.05) is 19.2 Å². The van der Waals surface area contributed by atoms with Crippen molar-refractivity contribution in [3.05, 3.63) is 34.8 Å². The lowest BCUT2D eigenvalue weighted by atomic mass is 10.1. The van der Waals surface area contributed by atoms with E-state index in [1.54, 1.807) is 29.2 Å². The van der Waals surface area contributed by atoms with Crippen LogP contribution >= 0.6 is 0 Å². The van der Waals surface area contributed by atoms with Crippen LogP contribution in [0.4, 0.5) is 5.69 Å². The molecule has 0 heterocycles. The van der Waals surface area contributed by atoms with Gasteiger partial charge in [0.1, 0.15) is 5.56 Å². The summed E-state index contributed by atoms with van der Waals surface area (Å²) in [5, 5.41) is 8.75. The topological polar surface area (TPSA) is 48.5 Å². The van der Waals surface area contributed by atoms with E-state index >= 15 is 0 Å². The van der Waals surface area contributed by atoms with Gasteiger partial charge in [0.25, 0.3) is 5.91 Å². The van der Waals surface area contributed by atoms with Gasteiger partial charge in [0.05, 0.1) is 0 Å². The molecule has 0 atom stereocenters. The van der Waals surface area contributed by atoms with E-state index in [2.05, 4.69) is 4.98 Å². The van der Waals surface area contributed by atoms with Crippen molar-refractivity contribution in [2.45, 2.75) is 13.8 Å². The van der Waals surface area contributed by atoms with Crippen molar-refractivity contribution in [1.29, 1.82) is 5.39 Å². The molecule has 4 nitrogen and oxygen atoms in total. The van der Waals surface area contributed by atoms with E-state index in [0.29, 0.717) is 24.3 Å². The minimum Gasteiger partial charge on any atom is -0.339 e. The van der Waals surface area contributed by atoms with Crippen LogP contribution in [0.2, 0.25) is 0 Å². The Morgan fingerprint density at radius 2 is 1.93 bits per heavy atom. The minimum atomic E-state index is -0.103. The molecule has 4 heteroatoms. The monoisotopic (exact) mass is 204 g/mol. The fourth-order valence-electron chi connectivity index (χ4n) is 1.42. The molecule has 1 amide bonds. The number of diazo groups is 1. The van der Waals surface area contributed by atoms with E-state index in [9.17, 15) is 4.79 Å². The quantitative estimate of drug-likeness (QED) is 0.710. The second-order valence-electron chi connectivity index (χ2n) is 3.09. The normalized spacial score (nSPS) is 9.40. The summed E-state index contributed by atoms with van der Waals surface area (Å²) in [7, 11) is 0. The van der Waals surface area contributed by atoms with Crippen LogP contribution in [0.15, 0.2) is 24.3 Å². The van der Waals surface area contributed by atoms with Crippen LogP contribution in [-0.2, 0) is 0 Å². The molecule has 0 aromatic heterocycles. The van der Waals surface area contributed by atoms with Crippen LogP contribution in [0.3, 0.4) is 0 Å². The second-order valence-corrected chi connectivity index (χ2v) is 3.09. The molecular formula is C11H14N3O+. The summed E-state index contributed by atoms with van der Waals surface area (Å²) >= 11 is 0. The van der Waals surface area contributed by atoms with Crippen molar-refractivity contribution in [2.24, 2.45) is 0 Å². The maximum absolute atomic E-state index is 11.9. The molecule has 0 fully saturated rings. The predicted octanol–water partition coefficient (Wildman–Crippen LogP) is 2.65. The average molecular weight is 204 g/mol. The summed E-state index contributed by atoms with van der Waals surface area (Å²) in [4.78, 5) is 16.7. The Bertz CT molecular complexity index is 391. The van der Waals surface area contributed by atoms with Crippen molar-refractivity contribution in [3.63, 3.8) is 0 Å². The molecule has 0 unspecified atom stereocenters. The third-order valence-electron chi connectivity index (χ3n) is 2.29. The molecule has 1 aromatic carbocycles. The number of amides is 1. The van der Waals surface area contributed by atoms with Crippen molar-refractivity contribution in [3.8, 4) is 0 Å². The standard InChI is InChI=1S/C11H14N3O/c1-3-14(4-2)11(15)9-7-5-6-8-10(9)13-12/h5-8H,3-4H2,1-2H3/q+1. The number of hydrogen-bond acceptors (Lipinski definition) is 2. The first-order valence-corrected chi connectivity index (χ1v) is 4.98. The molecule has 15 heavy (non-hydrogen) atoms. The number of nitrogens with zero attached hydrogens (tertiary/aromatic N) is 3. The lowest BCUT2D eigenvalue weighted by Gasteiger charge is -2.17. The molecule has 0 N–H and O–H groups in total. The largest absolute Gasteiger partial charge is 0.397 e.